The molecule has 0 amide bonds. The van der Waals surface area contributed by atoms with Gasteiger partial charge in [-0.25, -0.2) is 4.99 Å². The first-order chi connectivity index (χ1) is 18.4. The van der Waals surface area contributed by atoms with Crippen molar-refractivity contribution >= 4 is 5.96 Å². The topological polar surface area (TPSA) is 302 Å². The number of aliphatic hydroxyl groups excluding tert-OH is 5. The van der Waals surface area contributed by atoms with Gasteiger partial charge in [0.2, 0.25) is 0 Å². The Kier molecular flexibility index (Phi) is 9.99. The van der Waals surface area contributed by atoms with Crippen molar-refractivity contribution in [2.75, 3.05) is 13.7 Å². The summed E-state index contributed by atoms with van der Waals surface area (Å²) in [6.07, 6.45) is -11.3. The molecular formula is C22H43N7O10. The summed E-state index contributed by atoms with van der Waals surface area (Å²) >= 11 is 0. The molecule has 4 rings (SSSR count). The molecule has 4 aliphatic rings. The van der Waals surface area contributed by atoms with Crippen molar-refractivity contribution in [2.24, 2.45) is 33.7 Å². The lowest BCUT2D eigenvalue weighted by molar-refractivity contribution is -0.372. The fourth-order valence-corrected chi connectivity index (χ4v) is 5.77. The Bertz CT molecular complexity index is 827. The van der Waals surface area contributed by atoms with E-state index in [1.165, 1.54) is 0 Å². The van der Waals surface area contributed by atoms with Crippen LogP contribution in [-0.2, 0) is 23.7 Å². The van der Waals surface area contributed by atoms with E-state index in [-0.39, 0.29) is 18.4 Å². The Hall–Kier alpha value is -1.29. The van der Waals surface area contributed by atoms with Gasteiger partial charge in [0.1, 0.15) is 42.7 Å². The molecule has 0 bridgehead atoms. The zero-order chi connectivity index (χ0) is 28.6. The summed E-state index contributed by atoms with van der Waals surface area (Å²) in [6, 6.07) is -3.46. The van der Waals surface area contributed by atoms with Gasteiger partial charge in [0.05, 0.1) is 30.9 Å². The lowest BCUT2D eigenvalue weighted by atomic mass is 9.86. The van der Waals surface area contributed by atoms with E-state index in [4.69, 9.17) is 52.4 Å². The van der Waals surface area contributed by atoms with E-state index in [0.29, 0.717) is 12.8 Å². The van der Waals surface area contributed by atoms with E-state index in [1.807, 2.05) is 0 Å². The minimum Gasteiger partial charge on any atom is -0.394 e. The quantitative estimate of drug-likeness (QED) is 0.101. The monoisotopic (exact) mass is 565 g/mol. The Labute approximate surface area is 225 Å². The van der Waals surface area contributed by atoms with E-state index in [9.17, 15) is 25.5 Å². The number of fused-ring (bicyclic) bond motifs is 1. The summed E-state index contributed by atoms with van der Waals surface area (Å²) in [6.45, 7) is -0.575. The molecule has 226 valence electrons. The predicted molar refractivity (Wildman–Crippen MR) is 133 cm³/mol. The molecule has 3 aliphatic heterocycles. The molecule has 16 N–H and O–H groups in total. The van der Waals surface area contributed by atoms with Crippen LogP contribution in [-0.4, -0.2) is 143 Å². The molecular weight excluding hydrogens is 522 g/mol. The molecule has 0 radical (unpaired) electrons. The molecule has 1 aliphatic carbocycles. The third kappa shape index (κ3) is 6.47. The first-order valence-electron chi connectivity index (χ1n) is 13.1. The number of aliphatic imine (C=N–C) groups is 1. The highest BCUT2D eigenvalue weighted by atomic mass is 16.8. The van der Waals surface area contributed by atoms with Crippen molar-refractivity contribution < 1.29 is 49.2 Å². The second-order valence-corrected chi connectivity index (χ2v) is 10.7. The van der Waals surface area contributed by atoms with Crippen molar-refractivity contribution in [1.29, 1.82) is 0 Å². The largest absolute Gasteiger partial charge is 0.394 e. The summed E-state index contributed by atoms with van der Waals surface area (Å²) in [5.74, 6) is -0.354. The third-order valence-electron chi connectivity index (χ3n) is 7.78. The van der Waals surface area contributed by atoms with E-state index >= 15 is 0 Å². The van der Waals surface area contributed by atoms with Gasteiger partial charge in [-0.2, -0.15) is 0 Å². The fourth-order valence-electron chi connectivity index (χ4n) is 5.77. The van der Waals surface area contributed by atoms with Crippen LogP contribution in [0.25, 0.3) is 0 Å². The Morgan fingerprint density at radius 2 is 1.59 bits per heavy atom. The average Bonchev–Trinajstić information content (AvgIpc) is 2.86. The summed E-state index contributed by atoms with van der Waals surface area (Å²) in [4.78, 5) is 3.83. The smallest absolute Gasteiger partial charge is 0.189 e. The molecule has 0 spiro atoms. The van der Waals surface area contributed by atoms with Crippen LogP contribution in [0.2, 0.25) is 0 Å². The van der Waals surface area contributed by atoms with Crippen LogP contribution in [0.3, 0.4) is 0 Å². The maximum Gasteiger partial charge on any atom is 0.189 e. The lowest BCUT2D eigenvalue weighted by Crippen LogP contribution is -2.69. The molecule has 3 heterocycles. The Morgan fingerprint density at radius 1 is 0.872 bits per heavy atom. The summed E-state index contributed by atoms with van der Waals surface area (Å²) in [5, 5.41) is 55.5. The van der Waals surface area contributed by atoms with Crippen molar-refractivity contribution in [3.05, 3.63) is 0 Å². The van der Waals surface area contributed by atoms with Crippen LogP contribution in [0.15, 0.2) is 4.99 Å². The fraction of sp³-hybridized carbons (Fsp3) is 0.955. The minimum absolute atomic E-state index is 0.197. The number of nitrogens with two attached hydrogens (primary N) is 5. The SMILES string of the molecule is CNC1C(OC2OC(CO)C(N=C(N)N)C(O)C2O)O[C@H]2C[C@H](N)C(OC3C(N)C[C@@H](N)C[C@H]3O)OC2C1O. The summed E-state index contributed by atoms with van der Waals surface area (Å²) in [5.41, 5.74) is 29.2. The van der Waals surface area contributed by atoms with Crippen LogP contribution >= 0.6 is 0 Å². The highest BCUT2D eigenvalue weighted by molar-refractivity contribution is 5.76. The van der Waals surface area contributed by atoms with Crippen LogP contribution in [0, 0.1) is 0 Å². The van der Waals surface area contributed by atoms with Gasteiger partial charge in [0, 0.05) is 12.1 Å². The first-order valence-corrected chi connectivity index (χ1v) is 13.1. The molecule has 12 unspecified atom stereocenters. The molecule has 17 heteroatoms. The molecule has 0 aromatic heterocycles. The lowest BCUT2D eigenvalue weighted by Gasteiger charge is -2.51. The van der Waals surface area contributed by atoms with Crippen LogP contribution in [0.5, 0.6) is 0 Å². The molecule has 4 fully saturated rings. The van der Waals surface area contributed by atoms with E-state index in [1.54, 1.807) is 7.05 Å². The van der Waals surface area contributed by atoms with Gasteiger partial charge in [0.15, 0.2) is 24.8 Å². The predicted octanol–water partition coefficient (Wildman–Crippen LogP) is -6.61. The van der Waals surface area contributed by atoms with Gasteiger partial charge in [-0.15, -0.1) is 0 Å². The number of hydrogen-bond donors (Lipinski definition) is 11. The third-order valence-corrected chi connectivity index (χ3v) is 7.78. The van der Waals surface area contributed by atoms with Crippen molar-refractivity contribution in [1.82, 2.24) is 5.32 Å². The molecule has 39 heavy (non-hydrogen) atoms. The second kappa shape index (κ2) is 12.7. The molecule has 0 aromatic carbocycles. The zero-order valence-electron chi connectivity index (χ0n) is 21.7. The van der Waals surface area contributed by atoms with Gasteiger partial charge < -0.3 is 83.2 Å². The zero-order valence-corrected chi connectivity index (χ0v) is 21.7. The van der Waals surface area contributed by atoms with Crippen molar-refractivity contribution in [2.45, 2.75) is 117 Å². The highest BCUT2D eigenvalue weighted by Gasteiger charge is 2.54. The molecule has 17 nitrogen and oxygen atoms in total. The van der Waals surface area contributed by atoms with E-state index in [2.05, 4.69) is 10.3 Å². The summed E-state index contributed by atoms with van der Waals surface area (Å²) < 4.78 is 29.6. The number of nitrogens with zero attached hydrogens (tertiary/aromatic N) is 1. The van der Waals surface area contributed by atoms with Crippen molar-refractivity contribution in [3.8, 4) is 0 Å². The first kappa shape index (κ1) is 30.7. The number of likely N-dealkylation sites (N-methyl/N-ethyl adjacent to an activating group) is 1. The number of hydrogen-bond acceptors (Lipinski definition) is 15. The van der Waals surface area contributed by atoms with E-state index in [0.717, 1.165) is 0 Å². The van der Waals surface area contributed by atoms with Crippen LogP contribution in [0.1, 0.15) is 19.3 Å². The molecule has 3 saturated heterocycles. The Balaban J connectivity index is 1.43. The number of nitrogens with one attached hydrogen (secondary N) is 1. The van der Waals surface area contributed by atoms with Gasteiger partial charge in [0.25, 0.3) is 0 Å². The second-order valence-electron chi connectivity index (χ2n) is 10.7. The number of rotatable bonds is 7. The van der Waals surface area contributed by atoms with Gasteiger partial charge in [-0.1, -0.05) is 0 Å². The number of guanidine groups is 1. The number of ether oxygens (including phenoxy) is 5. The summed E-state index contributed by atoms with van der Waals surface area (Å²) in [7, 11) is 1.56. The molecule has 1 saturated carbocycles. The van der Waals surface area contributed by atoms with Crippen LogP contribution in [0.4, 0.5) is 0 Å². The van der Waals surface area contributed by atoms with Crippen LogP contribution < -0.4 is 34.0 Å². The van der Waals surface area contributed by atoms with Crippen molar-refractivity contribution in [3.63, 3.8) is 0 Å². The van der Waals surface area contributed by atoms with Gasteiger partial charge >= 0.3 is 0 Å². The van der Waals surface area contributed by atoms with Gasteiger partial charge in [-0.05, 0) is 26.3 Å². The normalized spacial score (nSPS) is 50.7. The molecule has 0 aromatic rings. The highest BCUT2D eigenvalue weighted by Crippen LogP contribution is 2.35. The Morgan fingerprint density at radius 3 is 2.21 bits per heavy atom. The maximum absolute atomic E-state index is 11.2. The van der Waals surface area contributed by atoms with Gasteiger partial charge in [-0.3, -0.25) is 0 Å². The van der Waals surface area contributed by atoms with E-state index < -0.39 is 98.5 Å². The number of aliphatic hydroxyl groups is 5. The molecule has 16 atom stereocenters. The maximum atomic E-state index is 11.2. The standard InChI is InChI=1S/C22H43N7O10/c1-28-13-15(33)18-10(4-8(25)19(38-18)37-17-7(24)2-6(23)3-9(17)31)35-20(13)39-21-16(34)14(32)12(29-22(26)27)11(5-30)36-21/h6-21,28,30-34H,2-5,23-25H2,1H3,(H4,26,27,29)/t6-,7?,8+,9-,10+,11?,12?,13?,14?,15?,16?,17?,18?,19?,20?,21?/m1/s1. The minimum atomic E-state index is -1.61. The average molecular weight is 566 g/mol.